The van der Waals surface area contributed by atoms with Crippen molar-refractivity contribution in [3.8, 4) is 0 Å². The van der Waals surface area contributed by atoms with Crippen molar-refractivity contribution in [3.63, 3.8) is 0 Å². The lowest BCUT2D eigenvalue weighted by Gasteiger charge is -2.11. The van der Waals surface area contributed by atoms with Crippen molar-refractivity contribution >= 4 is 47.2 Å². The molecule has 0 aliphatic rings. The fourth-order valence-corrected chi connectivity index (χ4v) is 2.36. The molecule has 8 heteroatoms. The van der Waals surface area contributed by atoms with Crippen LogP contribution >= 0.6 is 35.3 Å². The van der Waals surface area contributed by atoms with E-state index in [0.29, 0.717) is 18.4 Å². The van der Waals surface area contributed by atoms with E-state index in [1.807, 2.05) is 6.92 Å². The van der Waals surface area contributed by atoms with Crippen molar-refractivity contribution in [1.82, 2.24) is 20.5 Å². The van der Waals surface area contributed by atoms with Gasteiger partial charge < -0.3 is 15.5 Å². The number of amides is 1. The molecule has 0 aliphatic heterocycles. The molecule has 1 heterocycles. The molecule has 0 unspecified atom stereocenters. The highest BCUT2D eigenvalue weighted by molar-refractivity contribution is 14.0. The smallest absolute Gasteiger partial charge is 0.243 e. The summed E-state index contributed by atoms with van der Waals surface area (Å²) in [6, 6.07) is 0. The summed E-state index contributed by atoms with van der Waals surface area (Å²) in [6.45, 7) is 7.74. The van der Waals surface area contributed by atoms with Crippen molar-refractivity contribution in [1.29, 1.82) is 0 Å². The summed E-state index contributed by atoms with van der Waals surface area (Å²) in [5, 5.41) is 9.42. The molecule has 126 valence electrons. The van der Waals surface area contributed by atoms with Crippen LogP contribution in [0.25, 0.3) is 0 Å². The summed E-state index contributed by atoms with van der Waals surface area (Å²) in [5.74, 6) is 1.05. The zero-order valence-electron chi connectivity index (χ0n) is 13.8. The Morgan fingerprint density at radius 1 is 1.41 bits per heavy atom. The van der Waals surface area contributed by atoms with Gasteiger partial charge in [0.2, 0.25) is 5.91 Å². The van der Waals surface area contributed by atoms with Gasteiger partial charge in [0.15, 0.2) is 5.96 Å². The minimum Gasteiger partial charge on any atom is -0.357 e. The Morgan fingerprint density at radius 2 is 2.09 bits per heavy atom. The van der Waals surface area contributed by atoms with Crippen LogP contribution in [0.4, 0.5) is 0 Å². The molecular weight excluding hydrogens is 413 g/mol. The number of nitrogens with zero attached hydrogens (tertiary/aromatic N) is 3. The Balaban J connectivity index is 0.00000441. The summed E-state index contributed by atoms with van der Waals surface area (Å²) in [7, 11) is 3.45. The second-order valence-electron chi connectivity index (χ2n) is 5.16. The molecule has 0 aliphatic carbocycles. The molecular formula is C14H26IN5OS. The zero-order chi connectivity index (χ0) is 15.8. The number of aliphatic imine (C=N–C) groups is 1. The van der Waals surface area contributed by atoms with Crippen LogP contribution in [0.2, 0.25) is 0 Å². The third-order valence-corrected chi connectivity index (χ3v) is 3.65. The van der Waals surface area contributed by atoms with Crippen molar-refractivity contribution in [2.75, 3.05) is 27.2 Å². The average Bonchev–Trinajstić information content (AvgIpc) is 2.90. The number of hydrogen-bond acceptors (Lipinski definition) is 4. The largest absolute Gasteiger partial charge is 0.357 e. The first-order chi connectivity index (χ1) is 9.93. The van der Waals surface area contributed by atoms with Gasteiger partial charge in [-0.3, -0.25) is 4.79 Å². The van der Waals surface area contributed by atoms with Gasteiger partial charge in [-0.15, -0.1) is 35.3 Å². The maximum atomic E-state index is 11.6. The van der Waals surface area contributed by atoms with E-state index in [-0.39, 0.29) is 36.4 Å². The van der Waals surface area contributed by atoms with E-state index in [2.05, 4.69) is 39.8 Å². The fraction of sp³-hybridized carbons (Fsp3) is 0.643. The number of carbonyl (C=O) groups is 1. The summed E-state index contributed by atoms with van der Waals surface area (Å²) < 4.78 is 0. The lowest BCUT2D eigenvalue weighted by molar-refractivity contribution is -0.127. The van der Waals surface area contributed by atoms with Crippen LogP contribution in [0.5, 0.6) is 0 Å². The predicted molar refractivity (Wildman–Crippen MR) is 103 cm³/mol. The molecule has 0 saturated carbocycles. The van der Waals surface area contributed by atoms with Crippen molar-refractivity contribution in [2.24, 2.45) is 4.99 Å². The van der Waals surface area contributed by atoms with E-state index in [9.17, 15) is 4.79 Å². The van der Waals surface area contributed by atoms with Crippen LogP contribution in [0.3, 0.4) is 0 Å². The van der Waals surface area contributed by atoms with Gasteiger partial charge in [0.25, 0.3) is 0 Å². The zero-order valence-corrected chi connectivity index (χ0v) is 17.0. The molecule has 0 saturated heterocycles. The van der Waals surface area contributed by atoms with Gasteiger partial charge in [0, 0.05) is 26.0 Å². The van der Waals surface area contributed by atoms with E-state index < -0.39 is 0 Å². The number of halogens is 1. The number of nitrogens with one attached hydrogen (secondary N) is 2. The van der Waals surface area contributed by atoms with Crippen LogP contribution in [0, 0.1) is 0 Å². The van der Waals surface area contributed by atoms with E-state index in [1.165, 1.54) is 4.90 Å². The maximum Gasteiger partial charge on any atom is 0.243 e. The second-order valence-corrected chi connectivity index (χ2v) is 6.10. The molecule has 0 fully saturated rings. The summed E-state index contributed by atoms with van der Waals surface area (Å²) in [6.07, 6.45) is 0. The van der Waals surface area contributed by atoms with Crippen LogP contribution < -0.4 is 10.6 Å². The summed E-state index contributed by atoms with van der Waals surface area (Å²) in [4.78, 5) is 21.9. The van der Waals surface area contributed by atoms with Gasteiger partial charge >= 0.3 is 0 Å². The number of hydrogen-bond donors (Lipinski definition) is 2. The summed E-state index contributed by atoms with van der Waals surface area (Å²) in [5.41, 5.74) is 1.11. The standard InChI is InChI=1S/C14H25N5OS.HI/c1-6-15-14(17-8-13(20)19(4)5)16-7-12-18-11(9-21-12)10(2)3;/h9-10H,6-8H2,1-5H3,(H2,15,16,17);1H. The number of thiazole rings is 1. The molecule has 1 aromatic heterocycles. The molecule has 0 radical (unpaired) electrons. The summed E-state index contributed by atoms with van der Waals surface area (Å²) >= 11 is 1.64. The monoisotopic (exact) mass is 439 g/mol. The third-order valence-electron chi connectivity index (χ3n) is 2.78. The van der Waals surface area contributed by atoms with Crippen LogP contribution in [0.15, 0.2) is 10.4 Å². The van der Waals surface area contributed by atoms with Crippen LogP contribution in [0.1, 0.15) is 37.4 Å². The Labute approximate surface area is 153 Å². The van der Waals surface area contributed by atoms with E-state index in [4.69, 9.17) is 0 Å². The normalized spacial score (nSPS) is 11.1. The number of aromatic nitrogens is 1. The van der Waals surface area contributed by atoms with Crippen molar-refractivity contribution in [2.45, 2.75) is 33.2 Å². The van der Waals surface area contributed by atoms with Crippen LogP contribution in [-0.4, -0.2) is 48.9 Å². The van der Waals surface area contributed by atoms with Gasteiger partial charge in [-0.05, 0) is 12.8 Å². The number of rotatable bonds is 6. The second kappa shape index (κ2) is 10.8. The predicted octanol–water partition coefficient (Wildman–Crippen LogP) is 2.03. The topological polar surface area (TPSA) is 69.6 Å². The van der Waals surface area contributed by atoms with Gasteiger partial charge in [-0.2, -0.15) is 0 Å². The highest BCUT2D eigenvalue weighted by atomic mass is 127. The Hall–Kier alpha value is -0.900. The highest BCUT2D eigenvalue weighted by Crippen LogP contribution is 2.17. The molecule has 1 amide bonds. The van der Waals surface area contributed by atoms with Gasteiger partial charge in [0.1, 0.15) is 11.6 Å². The fourth-order valence-electron chi connectivity index (χ4n) is 1.46. The van der Waals surface area contributed by atoms with E-state index in [0.717, 1.165) is 17.2 Å². The number of likely N-dealkylation sites (N-methyl/N-ethyl adjacent to an activating group) is 1. The van der Waals surface area contributed by atoms with Crippen molar-refractivity contribution in [3.05, 3.63) is 16.1 Å². The molecule has 0 atom stereocenters. The Bertz CT molecular complexity index is 487. The minimum absolute atomic E-state index is 0. The Kier molecular flexibility index (Phi) is 10.3. The SMILES string of the molecule is CCNC(=NCC(=O)N(C)C)NCc1nc(C(C)C)cs1.I. The average molecular weight is 439 g/mol. The quantitative estimate of drug-likeness (QED) is 0.405. The molecule has 0 bridgehead atoms. The first-order valence-electron chi connectivity index (χ1n) is 7.10. The number of carbonyl (C=O) groups excluding carboxylic acids is 1. The van der Waals surface area contributed by atoms with Crippen LogP contribution in [-0.2, 0) is 11.3 Å². The van der Waals surface area contributed by atoms with Gasteiger partial charge in [-0.25, -0.2) is 9.98 Å². The van der Waals surface area contributed by atoms with E-state index in [1.54, 1.807) is 25.4 Å². The van der Waals surface area contributed by atoms with Crippen molar-refractivity contribution < 1.29 is 4.79 Å². The first-order valence-corrected chi connectivity index (χ1v) is 7.98. The number of guanidine groups is 1. The van der Waals surface area contributed by atoms with E-state index >= 15 is 0 Å². The molecule has 6 nitrogen and oxygen atoms in total. The maximum absolute atomic E-state index is 11.6. The van der Waals surface area contributed by atoms with Gasteiger partial charge in [0.05, 0.1) is 12.2 Å². The molecule has 0 spiro atoms. The van der Waals surface area contributed by atoms with Gasteiger partial charge in [-0.1, -0.05) is 13.8 Å². The Morgan fingerprint density at radius 3 is 2.59 bits per heavy atom. The molecule has 22 heavy (non-hydrogen) atoms. The molecule has 1 rings (SSSR count). The highest BCUT2D eigenvalue weighted by Gasteiger charge is 2.07. The lowest BCUT2D eigenvalue weighted by atomic mass is 10.2. The molecule has 2 N–H and O–H groups in total. The lowest BCUT2D eigenvalue weighted by Crippen LogP contribution is -2.38. The molecule has 1 aromatic rings. The first kappa shape index (κ1) is 21.1. The minimum atomic E-state index is -0.0245. The molecule has 0 aromatic carbocycles. The third kappa shape index (κ3) is 7.39.